The van der Waals surface area contributed by atoms with E-state index in [1.54, 1.807) is 49.8 Å². The number of aromatic hydroxyl groups is 1. The van der Waals surface area contributed by atoms with Crippen LogP contribution in [0.25, 0.3) is 33.3 Å². The third-order valence-electron chi connectivity index (χ3n) is 7.99. The number of benzene rings is 2. The van der Waals surface area contributed by atoms with Gasteiger partial charge in [0.15, 0.2) is 0 Å². The molecule has 3 N–H and O–H groups in total. The molecule has 43 heavy (non-hydrogen) atoms. The van der Waals surface area contributed by atoms with Crippen molar-refractivity contribution in [3.05, 3.63) is 89.0 Å². The van der Waals surface area contributed by atoms with Crippen LogP contribution >= 0.6 is 0 Å². The Bertz CT molecular complexity index is 1860. The molecule has 10 heteroatoms. The lowest BCUT2D eigenvalue weighted by Crippen LogP contribution is -2.29. The Labute approximate surface area is 249 Å². The van der Waals surface area contributed by atoms with Gasteiger partial charge in [-0.05, 0) is 92.5 Å². The van der Waals surface area contributed by atoms with Crippen molar-refractivity contribution in [1.82, 2.24) is 24.4 Å². The van der Waals surface area contributed by atoms with Gasteiger partial charge < -0.3 is 20.6 Å². The molecule has 0 radical (unpaired) electrons. The number of hydrogen-bond donors (Lipinski definition) is 3. The number of aromatic nitrogens is 4. The van der Waals surface area contributed by atoms with Crippen molar-refractivity contribution in [3.8, 4) is 28.0 Å². The van der Waals surface area contributed by atoms with Crippen LogP contribution < -0.4 is 16.2 Å². The molecule has 0 bridgehead atoms. The van der Waals surface area contributed by atoms with Crippen molar-refractivity contribution in [1.29, 1.82) is 0 Å². The van der Waals surface area contributed by atoms with Gasteiger partial charge in [-0.25, -0.2) is 9.97 Å². The van der Waals surface area contributed by atoms with Crippen LogP contribution in [0.2, 0.25) is 0 Å². The Hall–Kier alpha value is -5.09. The number of likely N-dealkylation sites (tertiary alicyclic amines) is 1. The van der Waals surface area contributed by atoms with Crippen LogP contribution in [-0.4, -0.2) is 55.6 Å². The molecule has 0 saturated carbocycles. The highest BCUT2D eigenvalue weighted by Crippen LogP contribution is 2.33. The average Bonchev–Trinajstić information content (AvgIpc) is 3.01. The number of nitrogens with zero attached hydrogens (tertiary/aromatic N) is 5. The van der Waals surface area contributed by atoms with Crippen molar-refractivity contribution in [2.45, 2.75) is 25.7 Å². The first kappa shape index (κ1) is 28.0. The zero-order valence-electron chi connectivity index (χ0n) is 24.3. The molecule has 0 unspecified atom stereocenters. The van der Waals surface area contributed by atoms with Gasteiger partial charge in [0.05, 0.1) is 5.56 Å². The molecule has 1 saturated heterocycles. The summed E-state index contributed by atoms with van der Waals surface area (Å²) in [7, 11) is 3.83. The molecule has 218 valence electrons. The number of anilines is 3. The Morgan fingerprint density at radius 2 is 1.65 bits per heavy atom. The van der Waals surface area contributed by atoms with Crippen LogP contribution in [0.4, 0.5) is 17.5 Å². The largest absolute Gasteiger partial charge is 0.507 e. The monoisotopic (exact) mass is 575 g/mol. The standard InChI is InChI=1S/C33H33N7O3/c1-20(41)36-30-11-7-24(18-34-30)23-6-10-29(42)27(16-23)28-17-25-19-35-33(38-31(25)40(3)32(28)43)37-26-8-4-21(5-9-26)22-12-14-39(2)15-13-22/h4-11,16-19,22,42H,12-15H2,1-3H3,(H,34,36,41)(H,35,37,38). The fourth-order valence-electron chi connectivity index (χ4n) is 5.56. The highest BCUT2D eigenvalue weighted by atomic mass is 16.3. The number of phenols is 1. The van der Waals surface area contributed by atoms with E-state index in [1.165, 1.54) is 29.9 Å². The van der Waals surface area contributed by atoms with Gasteiger partial charge >= 0.3 is 0 Å². The fourth-order valence-corrected chi connectivity index (χ4v) is 5.56. The van der Waals surface area contributed by atoms with E-state index in [0.29, 0.717) is 39.8 Å². The van der Waals surface area contributed by atoms with E-state index in [2.05, 4.69) is 49.7 Å². The average molecular weight is 576 g/mol. The summed E-state index contributed by atoms with van der Waals surface area (Å²) < 4.78 is 1.47. The van der Waals surface area contributed by atoms with E-state index in [0.717, 1.165) is 29.9 Å². The van der Waals surface area contributed by atoms with Crippen LogP contribution in [0, 0.1) is 0 Å². The summed E-state index contributed by atoms with van der Waals surface area (Å²) in [6.45, 7) is 3.66. The predicted octanol–water partition coefficient (Wildman–Crippen LogP) is 5.27. The maximum Gasteiger partial charge on any atom is 0.259 e. The molecule has 0 atom stereocenters. The summed E-state index contributed by atoms with van der Waals surface area (Å²) in [5.41, 5.74) is 4.64. The van der Waals surface area contributed by atoms with E-state index in [9.17, 15) is 14.7 Å². The minimum absolute atomic E-state index is 0.0223. The zero-order valence-corrected chi connectivity index (χ0v) is 24.3. The summed E-state index contributed by atoms with van der Waals surface area (Å²) in [5, 5.41) is 17.3. The predicted molar refractivity (Wildman–Crippen MR) is 169 cm³/mol. The second-order valence-corrected chi connectivity index (χ2v) is 11.1. The van der Waals surface area contributed by atoms with Gasteiger partial charge in [-0.3, -0.25) is 14.2 Å². The van der Waals surface area contributed by atoms with Gasteiger partial charge in [-0.15, -0.1) is 0 Å². The number of nitrogens with one attached hydrogen (secondary N) is 2. The molecule has 1 aliphatic heterocycles. The molecular weight excluding hydrogens is 542 g/mol. The lowest BCUT2D eigenvalue weighted by molar-refractivity contribution is -0.114. The minimum atomic E-state index is -0.300. The maximum atomic E-state index is 13.5. The van der Waals surface area contributed by atoms with Crippen molar-refractivity contribution in [2.24, 2.45) is 7.05 Å². The number of aryl methyl sites for hydroxylation is 1. The van der Waals surface area contributed by atoms with Crippen molar-refractivity contribution >= 4 is 34.4 Å². The summed E-state index contributed by atoms with van der Waals surface area (Å²) in [6.07, 6.45) is 5.63. The quantitative estimate of drug-likeness (QED) is 0.250. The normalized spacial score (nSPS) is 14.1. The number of amides is 1. The van der Waals surface area contributed by atoms with Gasteiger partial charge in [-0.1, -0.05) is 18.2 Å². The molecule has 4 heterocycles. The summed E-state index contributed by atoms with van der Waals surface area (Å²) >= 11 is 0. The van der Waals surface area contributed by atoms with Crippen LogP contribution in [-0.2, 0) is 11.8 Å². The SMILES string of the molecule is CC(=O)Nc1ccc(-c2ccc(O)c(-c3cc4cnc(Nc5ccc(C6CCN(C)CC6)cc5)nc4n(C)c3=O)c2)cn1. The second-order valence-electron chi connectivity index (χ2n) is 11.1. The molecule has 1 amide bonds. The molecule has 6 rings (SSSR count). The van der Waals surface area contributed by atoms with E-state index >= 15 is 0 Å². The number of carbonyl (C=O) groups excluding carboxylic acids is 1. The van der Waals surface area contributed by atoms with Crippen molar-refractivity contribution < 1.29 is 9.90 Å². The van der Waals surface area contributed by atoms with Crippen molar-refractivity contribution in [3.63, 3.8) is 0 Å². The Balaban J connectivity index is 1.26. The van der Waals surface area contributed by atoms with Crippen molar-refractivity contribution in [2.75, 3.05) is 30.8 Å². The molecule has 2 aromatic carbocycles. The summed E-state index contributed by atoms with van der Waals surface area (Å²) in [5.74, 6) is 1.19. The number of carbonyl (C=O) groups is 1. The molecule has 3 aromatic heterocycles. The molecule has 1 aliphatic rings. The third kappa shape index (κ3) is 5.96. The second kappa shape index (κ2) is 11.7. The maximum absolute atomic E-state index is 13.5. The van der Waals surface area contributed by atoms with Crippen LogP contribution in [0.3, 0.4) is 0 Å². The summed E-state index contributed by atoms with van der Waals surface area (Å²) in [6, 6.07) is 18.7. The lowest BCUT2D eigenvalue weighted by Gasteiger charge is -2.29. The number of piperidine rings is 1. The van der Waals surface area contributed by atoms with E-state index in [4.69, 9.17) is 0 Å². The first-order valence-corrected chi connectivity index (χ1v) is 14.2. The molecule has 5 aromatic rings. The molecule has 0 aliphatic carbocycles. The smallest absolute Gasteiger partial charge is 0.259 e. The Kier molecular flexibility index (Phi) is 7.60. The minimum Gasteiger partial charge on any atom is -0.507 e. The molecule has 10 nitrogen and oxygen atoms in total. The number of rotatable bonds is 6. The van der Waals surface area contributed by atoms with Crippen LogP contribution in [0.15, 0.2) is 77.9 Å². The third-order valence-corrected chi connectivity index (χ3v) is 7.99. The number of fused-ring (bicyclic) bond motifs is 1. The van der Waals surface area contributed by atoms with Gasteiger partial charge in [0.1, 0.15) is 17.2 Å². The van der Waals surface area contributed by atoms with E-state index in [1.807, 2.05) is 18.2 Å². The van der Waals surface area contributed by atoms with Gasteiger partial charge in [-0.2, -0.15) is 4.98 Å². The Morgan fingerprint density at radius 1 is 0.907 bits per heavy atom. The highest BCUT2D eigenvalue weighted by molar-refractivity contribution is 5.88. The van der Waals surface area contributed by atoms with E-state index in [-0.39, 0.29) is 17.2 Å². The molecule has 1 fully saturated rings. The molecular formula is C33H33N7O3. The summed E-state index contributed by atoms with van der Waals surface area (Å²) in [4.78, 5) is 40.6. The van der Waals surface area contributed by atoms with Gasteiger partial charge in [0, 0.05) is 48.6 Å². The fraction of sp³-hybridized carbons (Fsp3) is 0.242. The lowest BCUT2D eigenvalue weighted by atomic mass is 9.89. The highest BCUT2D eigenvalue weighted by Gasteiger charge is 2.19. The number of pyridine rings is 2. The first-order chi connectivity index (χ1) is 20.7. The van der Waals surface area contributed by atoms with Crippen LogP contribution in [0.5, 0.6) is 5.75 Å². The topological polar surface area (TPSA) is 125 Å². The number of phenolic OH excluding ortho intramolecular Hbond substituents is 1. The Morgan fingerprint density at radius 3 is 2.35 bits per heavy atom. The van der Waals surface area contributed by atoms with Gasteiger partial charge in [0.2, 0.25) is 11.9 Å². The van der Waals surface area contributed by atoms with Crippen LogP contribution in [0.1, 0.15) is 31.2 Å². The molecule has 0 spiro atoms. The van der Waals surface area contributed by atoms with Gasteiger partial charge in [0.25, 0.3) is 5.56 Å². The zero-order chi connectivity index (χ0) is 30.1. The van der Waals surface area contributed by atoms with E-state index < -0.39 is 0 Å². The number of hydrogen-bond acceptors (Lipinski definition) is 8. The first-order valence-electron chi connectivity index (χ1n) is 14.2.